The highest BCUT2D eigenvalue weighted by molar-refractivity contribution is 8.00. The number of hydrogen-bond donors (Lipinski definition) is 1. The van der Waals surface area contributed by atoms with Crippen LogP contribution in [0, 0.1) is 13.8 Å². The van der Waals surface area contributed by atoms with Gasteiger partial charge in [0.2, 0.25) is 12.7 Å². The molecule has 0 spiro atoms. The third-order valence-corrected chi connectivity index (χ3v) is 6.93. The van der Waals surface area contributed by atoms with Gasteiger partial charge in [0, 0.05) is 35.1 Å². The lowest BCUT2D eigenvalue weighted by Gasteiger charge is -2.09. The first-order valence-corrected chi connectivity index (χ1v) is 12.0. The summed E-state index contributed by atoms with van der Waals surface area (Å²) in [5.41, 5.74) is 6.04. The van der Waals surface area contributed by atoms with E-state index in [1.165, 1.54) is 27.6 Å². The van der Waals surface area contributed by atoms with Crippen molar-refractivity contribution in [2.24, 2.45) is 0 Å². The molecule has 1 aliphatic heterocycles. The van der Waals surface area contributed by atoms with E-state index in [2.05, 4.69) is 66.3 Å². The quantitative estimate of drug-likeness (QED) is 0.375. The van der Waals surface area contributed by atoms with Crippen molar-refractivity contribution in [3.63, 3.8) is 0 Å². The molecule has 5 nitrogen and oxygen atoms in total. The van der Waals surface area contributed by atoms with Crippen molar-refractivity contribution < 1.29 is 14.3 Å². The molecule has 1 aromatic heterocycles. The molecule has 0 saturated heterocycles. The van der Waals surface area contributed by atoms with Crippen LogP contribution in [0.15, 0.2) is 71.8 Å². The number of carbonyl (C=O) groups is 1. The van der Waals surface area contributed by atoms with E-state index in [0.717, 1.165) is 28.5 Å². The standard InChI is InChI=1S/C27H26N2O3S/c1-18-7-8-19(2)21(11-18)14-29-15-26(22-5-3-4-6-23(22)29)33-16-27(30)28-13-20-9-10-24-25(12-20)32-17-31-24/h3-12,15H,13-14,16-17H2,1-2H3,(H,28,30). The summed E-state index contributed by atoms with van der Waals surface area (Å²) in [6.45, 7) is 5.80. The lowest BCUT2D eigenvalue weighted by Crippen LogP contribution is -2.24. The number of aromatic nitrogens is 1. The summed E-state index contributed by atoms with van der Waals surface area (Å²) in [7, 11) is 0. The molecule has 0 unspecified atom stereocenters. The molecule has 1 aliphatic rings. The molecule has 0 aliphatic carbocycles. The summed E-state index contributed by atoms with van der Waals surface area (Å²) in [5, 5.41) is 4.18. The summed E-state index contributed by atoms with van der Waals surface area (Å²) in [5.74, 6) is 1.84. The predicted octanol–water partition coefficient (Wildman–Crippen LogP) is 5.44. The lowest BCUT2D eigenvalue weighted by molar-refractivity contribution is -0.118. The number of hydrogen-bond acceptors (Lipinski definition) is 4. The summed E-state index contributed by atoms with van der Waals surface area (Å²) < 4.78 is 13.0. The number of carbonyl (C=O) groups excluding carboxylic acids is 1. The largest absolute Gasteiger partial charge is 0.454 e. The molecule has 1 N–H and O–H groups in total. The number of nitrogens with one attached hydrogen (secondary N) is 1. The Morgan fingerprint density at radius 3 is 2.79 bits per heavy atom. The van der Waals surface area contributed by atoms with E-state index in [4.69, 9.17) is 9.47 Å². The maximum atomic E-state index is 12.5. The van der Waals surface area contributed by atoms with Crippen molar-refractivity contribution in [1.29, 1.82) is 0 Å². The monoisotopic (exact) mass is 458 g/mol. The average molecular weight is 459 g/mol. The maximum absolute atomic E-state index is 12.5. The van der Waals surface area contributed by atoms with Gasteiger partial charge in [0.25, 0.3) is 0 Å². The second-order valence-corrected chi connectivity index (χ2v) is 9.34. The first kappa shape index (κ1) is 21.5. The Kier molecular flexibility index (Phi) is 6.01. The third kappa shape index (κ3) is 4.71. The zero-order chi connectivity index (χ0) is 22.8. The highest BCUT2D eigenvalue weighted by atomic mass is 32.2. The summed E-state index contributed by atoms with van der Waals surface area (Å²) in [4.78, 5) is 13.7. The number of rotatable bonds is 7. The zero-order valence-electron chi connectivity index (χ0n) is 18.8. The van der Waals surface area contributed by atoms with Crippen molar-refractivity contribution in [3.8, 4) is 11.5 Å². The topological polar surface area (TPSA) is 52.5 Å². The van der Waals surface area contributed by atoms with Crippen molar-refractivity contribution in [3.05, 3.63) is 89.1 Å². The first-order chi connectivity index (χ1) is 16.1. The van der Waals surface area contributed by atoms with Crippen LogP contribution in [0.2, 0.25) is 0 Å². The summed E-state index contributed by atoms with van der Waals surface area (Å²) >= 11 is 1.57. The SMILES string of the molecule is Cc1ccc(C)c(Cn2cc(SCC(=O)NCc3ccc4c(c3)OCO4)c3ccccc32)c1. The van der Waals surface area contributed by atoms with Crippen LogP contribution in [0.4, 0.5) is 0 Å². The van der Waals surface area contributed by atoms with Gasteiger partial charge in [0.15, 0.2) is 11.5 Å². The molecule has 5 rings (SSSR count). The van der Waals surface area contributed by atoms with Crippen LogP contribution in [-0.4, -0.2) is 23.0 Å². The van der Waals surface area contributed by atoms with E-state index in [-0.39, 0.29) is 12.7 Å². The Balaban J connectivity index is 1.26. The molecular formula is C27H26N2O3S. The van der Waals surface area contributed by atoms with E-state index in [9.17, 15) is 4.79 Å². The molecule has 2 heterocycles. The van der Waals surface area contributed by atoms with Gasteiger partial charge in [0.05, 0.1) is 5.75 Å². The smallest absolute Gasteiger partial charge is 0.231 e. The van der Waals surface area contributed by atoms with Gasteiger partial charge in [-0.3, -0.25) is 4.79 Å². The molecule has 0 atom stereocenters. The predicted molar refractivity (Wildman–Crippen MR) is 132 cm³/mol. The van der Waals surface area contributed by atoms with E-state index in [0.29, 0.717) is 12.3 Å². The molecule has 168 valence electrons. The number of benzene rings is 3. The third-order valence-electron chi connectivity index (χ3n) is 5.88. The van der Waals surface area contributed by atoms with Crippen molar-refractivity contribution in [2.75, 3.05) is 12.5 Å². The second-order valence-electron chi connectivity index (χ2n) is 8.32. The highest BCUT2D eigenvalue weighted by Crippen LogP contribution is 2.33. The minimum atomic E-state index is 0.00373. The van der Waals surface area contributed by atoms with Gasteiger partial charge in [-0.1, -0.05) is 48.0 Å². The Bertz CT molecular complexity index is 1330. The molecule has 0 bridgehead atoms. The van der Waals surface area contributed by atoms with Crippen LogP contribution < -0.4 is 14.8 Å². The number of para-hydroxylation sites is 1. The Morgan fingerprint density at radius 1 is 1.03 bits per heavy atom. The van der Waals surface area contributed by atoms with Gasteiger partial charge in [-0.15, -0.1) is 11.8 Å². The molecule has 0 fully saturated rings. The second kappa shape index (κ2) is 9.24. The summed E-state index contributed by atoms with van der Waals surface area (Å²) in [6, 6.07) is 20.7. The Morgan fingerprint density at radius 2 is 1.88 bits per heavy atom. The minimum Gasteiger partial charge on any atom is -0.454 e. The molecule has 33 heavy (non-hydrogen) atoms. The number of amides is 1. The fraction of sp³-hybridized carbons (Fsp3) is 0.222. The zero-order valence-corrected chi connectivity index (χ0v) is 19.6. The first-order valence-electron chi connectivity index (χ1n) is 11.0. The molecule has 0 radical (unpaired) electrons. The lowest BCUT2D eigenvalue weighted by atomic mass is 10.1. The normalized spacial score (nSPS) is 12.3. The Hall–Kier alpha value is -3.38. The van der Waals surface area contributed by atoms with Crippen LogP contribution in [-0.2, 0) is 17.9 Å². The fourth-order valence-corrected chi connectivity index (χ4v) is 4.98. The van der Waals surface area contributed by atoms with E-state index >= 15 is 0 Å². The molecule has 3 aromatic carbocycles. The number of aryl methyl sites for hydroxylation is 2. The molecule has 6 heteroatoms. The van der Waals surface area contributed by atoms with Gasteiger partial charge in [0.1, 0.15) is 0 Å². The van der Waals surface area contributed by atoms with Crippen molar-refractivity contribution in [1.82, 2.24) is 9.88 Å². The van der Waals surface area contributed by atoms with Crippen LogP contribution in [0.3, 0.4) is 0 Å². The Labute approximate surface area is 197 Å². The minimum absolute atomic E-state index is 0.00373. The number of thioether (sulfide) groups is 1. The van der Waals surface area contributed by atoms with Crippen LogP contribution >= 0.6 is 11.8 Å². The maximum Gasteiger partial charge on any atom is 0.231 e. The van der Waals surface area contributed by atoms with Gasteiger partial charge < -0.3 is 19.4 Å². The van der Waals surface area contributed by atoms with Crippen LogP contribution in [0.5, 0.6) is 11.5 Å². The number of fused-ring (bicyclic) bond motifs is 2. The van der Waals surface area contributed by atoms with Gasteiger partial charge >= 0.3 is 0 Å². The molecule has 1 amide bonds. The summed E-state index contributed by atoms with van der Waals surface area (Å²) in [6.07, 6.45) is 2.17. The fourth-order valence-electron chi connectivity index (χ4n) is 4.06. The van der Waals surface area contributed by atoms with Crippen LogP contribution in [0.25, 0.3) is 10.9 Å². The average Bonchev–Trinajstić information content (AvgIpc) is 3.43. The highest BCUT2D eigenvalue weighted by Gasteiger charge is 2.14. The van der Waals surface area contributed by atoms with Crippen molar-refractivity contribution >= 4 is 28.6 Å². The number of nitrogens with zero attached hydrogens (tertiary/aromatic N) is 1. The van der Waals surface area contributed by atoms with Gasteiger partial charge in [-0.05, 0) is 48.7 Å². The van der Waals surface area contributed by atoms with Crippen molar-refractivity contribution in [2.45, 2.75) is 31.8 Å². The van der Waals surface area contributed by atoms with E-state index in [1.54, 1.807) is 11.8 Å². The van der Waals surface area contributed by atoms with E-state index < -0.39 is 0 Å². The molecule has 4 aromatic rings. The molecule has 0 saturated carbocycles. The number of ether oxygens (including phenoxy) is 2. The van der Waals surface area contributed by atoms with Crippen LogP contribution in [0.1, 0.15) is 22.3 Å². The van der Waals surface area contributed by atoms with Gasteiger partial charge in [-0.25, -0.2) is 0 Å². The molecular weight excluding hydrogens is 432 g/mol. The van der Waals surface area contributed by atoms with Gasteiger partial charge in [-0.2, -0.15) is 0 Å². The van der Waals surface area contributed by atoms with E-state index in [1.807, 2.05) is 24.3 Å².